The topological polar surface area (TPSA) is 89.5 Å². The molecule has 0 bridgehead atoms. The fourth-order valence-electron chi connectivity index (χ4n) is 2.33. The van der Waals surface area contributed by atoms with Crippen molar-refractivity contribution < 1.29 is 23.8 Å². The quantitative estimate of drug-likeness (QED) is 0.269. The van der Waals surface area contributed by atoms with Crippen LogP contribution in [0.4, 0.5) is 5.69 Å². The molecule has 0 aromatic heterocycles. The Kier molecular flexibility index (Phi) is 4.29. The van der Waals surface area contributed by atoms with Crippen molar-refractivity contribution in [3.63, 3.8) is 0 Å². The van der Waals surface area contributed by atoms with Gasteiger partial charge in [0.2, 0.25) is 0 Å². The van der Waals surface area contributed by atoms with E-state index in [2.05, 4.69) is 10.5 Å². The molecule has 1 aromatic carbocycles. The minimum atomic E-state index is -0.815. The Bertz CT molecular complexity index is 612. The van der Waals surface area contributed by atoms with E-state index >= 15 is 0 Å². The Morgan fingerprint density at radius 2 is 1.65 bits per heavy atom. The first-order valence-corrected chi connectivity index (χ1v) is 7.59. The highest BCUT2D eigenvalue weighted by atomic mass is 16.6. The average molecular weight is 318 g/mol. The zero-order valence-corrected chi connectivity index (χ0v) is 12.9. The van der Waals surface area contributed by atoms with Crippen LogP contribution in [0, 0.1) is 0 Å². The number of rotatable bonds is 7. The van der Waals surface area contributed by atoms with E-state index < -0.39 is 17.7 Å². The van der Waals surface area contributed by atoms with Crippen LogP contribution in [0.5, 0.6) is 0 Å². The van der Waals surface area contributed by atoms with Crippen LogP contribution in [0.1, 0.15) is 25.3 Å². The van der Waals surface area contributed by atoms with Crippen molar-refractivity contribution >= 4 is 23.3 Å². The fourth-order valence-corrected chi connectivity index (χ4v) is 2.33. The summed E-state index contributed by atoms with van der Waals surface area (Å²) in [5.74, 6) is -1.11. The summed E-state index contributed by atoms with van der Waals surface area (Å²) >= 11 is 0. The monoisotopic (exact) mass is 318 g/mol. The Hall–Kier alpha value is -2.41. The highest BCUT2D eigenvalue weighted by molar-refractivity contribution is 6.62. The third kappa shape index (κ3) is 3.34. The van der Waals surface area contributed by atoms with Crippen LogP contribution in [0.25, 0.3) is 0 Å². The van der Waals surface area contributed by atoms with Crippen molar-refractivity contribution in [1.29, 1.82) is 0 Å². The number of esters is 2. The number of fused-ring (bicyclic) bond motifs is 1. The number of hydrogen-bond acceptors (Lipinski definition) is 7. The lowest BCUT2D eigenvalue weighted by Crippen LogP contribution is -2.29. The van der Waals surface area contributed by atoms with E-state index in [9.17, 15) is 9.59 Å². The molecule has 1 saturated heterocycles. The number of carbonyl (C=O) groups excluding carboxylic acids is 2. The second-order valence-electron chi connectivity index (χ2n) is 5.23. The van der Waals surface area contributed by atoms with Crippen LogP contribution in [0.15, 0.2) is 29.4 Å². The SMILES string of the molecule is CCOC(=O)C(=NNc1ccc(C2C3OC32)cc1)C(=O)OCC. The maximum absolute atomic E-state index is 11.8. The van der Waals surface area contributed by atoms with Gasteiger partial charge < -0.3 is 14.2 Å². The summed E-state index contributed by atoms with van der Waals surface area (Å²) in [5.41, 5.74) is 4.16. The van der Waals surface area contributed by atoms with Crippen molar-refractivity contribution in [2.24, 2.45) is 5.10 Å². The zero-order valence-electron chi connectivity index (χ0n) is 12.9. The van der Waals surface area contributed by atoms with E-state index in [1.54, 1.807) is 13.8 Å². The number of epoxide rings is 1. The van der Waals surface area contributed by atoms with E-state index in [-0.39, 0.29) is 13.2 Å². The molecule has 3 rings (SSSR count). The molecular weight excluding hydrogens is 300 g/mol. The maximum atomic E-state index is 11.8. The third-order valence-corrected chi connectivity index (χ3v) is 3.66. The van der Waals surface area contributed by atoms with Crippen LogP contribution < -0.4 is 5.43 Å². The van der Waals surface area contributed by atoms with Crippen molar-refractivity contribution in [1.82, 2.24) is 0 Å². The number of hydrazone groups is 1. The molecule has 2 unspecified atom stereocenters. The number of nitrogens with zero attached hydrogens (tertiary/aromatic N) is 1. The molecule has 7 heteroatoms. The van der Waals surface area contributed by atoms with Crippen molar-refractivity contribution in [3.8, 4) is 0 Å². The van der Waals surface area contributed by atoms with Gasteiger partial charge in [-0.05, 0) is 31.5 Å². The summed E-state index contributed by atoms with van der Waals surface area (Å²) in [6, 6.07) is 7.63. The van der Waals surface area contributed by atoms with Gasteiger partial charge in [-0.1, -0.05) is 12.1 Å². The van der Waals surface area contributed by atoms with E-state index in [1.807, 2.05) is 24.3 Å². The minimum absolute atomic E-state index is 0.151. The molecule has 1 aromatic rings. The third-order valence-electron chi connectivity index (χ3n) is 3.66. The van der Waals surface area contributed by atoms with Crippen molar-refractivity contribution in [2.75, 3.05) is 18.6 Å². The van der Waals surface area contributed by atoms with Crippen LogP contribution >= 0.6 is 0 Å². The van der Waals surface area contributed by atoms with Gasteiger partial charge in [-0.25, -0.2) is 9.59 Å². The number of carbonyl (C=O) groups is 2. The van der Waals surface area contributed by atoms with Gasteiger partial charge in [0.1, 0.15) is 0 Å². The highest BCUT2D eigenvalue weighted by Gasteiger charge is 2.68. The van der Waals surface area contributed by atoms with Gasteiger partial charge in [0.15, 0.2) is 0 Å². The summed E-state index contributed by atoms with van der Waals surface area (Å²) in [6.07, 6.45) is 0.817. The van der Waals surface area contributed by atoms with Crippen LogP contribution in [-0.4, -0.2) is 43.1 Å². The normalized spacial score (nSPS) is 23.3. The van der Waals surface area contributed by atoms with Crippen molar-refractivity contribution in [3.05, 3.63) is 29.8 Å². The van der Waals surface area contributed by atoms with E-state index in [4.69, 9.17) is 14.2 Å². The number of anilines is 1. The number of ether oxygens (including phenoxy) is 3. The first-order valence-electron chi connectivity index (χ1n) is 7.59. The zero-order chi connectivity index (χ0) is 16.4. The molecule has 7 nitrogen and oxygen atoms in total. The lowest BCUT2D eigenvalue weighted by molar-refractivity contribution is -0.140. The first-order chi connectivity index (χ1) is 11.2. The lowest BCUT2D eigenvalue weighted by Gasteiger charge is -2.08. The molecule has 0 spiro atoms. The predicted octanol–water partition coefficient (Wildman–Crippen LogP) is 1.45. The van der Waals surface area contributed by atoms with Gasteiger partial charge in [-0.3, -0.25) is 5.43 Å². The largest absolute Gasteiger partial charge is 0.461 e. The fraction of sp³-hybridized carbons (Fsp3) is 0.438. The predicted molar refractivity (Wildman–Crippen MR) is 82.2 cm³/mol. The van der Waals surface area contributed by atoms with Gasteiger partial charge in [0.25, 0.3) is 5.71 Å². The molecule has 0 amide bonds. The summed E-state index contributed by atoms with van der Waals surface area (Å²) < 4.78 is 14.9. The van der Waals surface area contributed by atoms with Crippen LogP contribution in [0.3, 0.4) is 0 Å². The van der Waals surface area contributed by atoms with Crippen LogP contribution in [0.2, 0.25) is 0 Å². The molecule has 2 aliphatic rings. The van der Waals surface area contributed by atoms with Gasteiger partial charge in [0, 0.05) is 5.92 Å². The second kappa shape index (κ2) is 6.37. The van der Waals surface area contributed by atoms with Crippen molar-refractivity contribution in [2.45, 2.75) is 32.0 Å². The molecule has 2 atom stereocenters. The smallest absolute Gasteiger partial charge is 0.366 e. The first kappa shape index (κ1) is 15.5. The average Bonchev–Trinajstić information content (AvgIpc) is 3.41. The minimum Gasteiger partial charge on any atom is -0.461 e. The molecular formula is C16H18N2O5. The van der Waals surface area contributed by atoms with Gasteiger partial charge in [-0.15, -0.1) is 0 Å². The summed E-state index contributed by atoms with van der Waals surface area (Å²) in [6.45, 7) is 3.60. The highest BCUT2D eigenvalue weighted by Crippen LogP contribution is 2.59. The summed E-state index contributed by atoms with van der Waals surface area (Å²) in [7, 11) is 0. The molecule has 1 aliphatic carbocycles. The van der Waals surface area contributed by atoms with Gasteiger partial charge in [-0.2, -0.15) is 5.10 Å². The molecule has 122 valence electrons. The van der Waals surface area contributed by atoms with Crippen LogP contribution in [-0.2, 0) is 23.8 Å². The Morgan fingerprint density at radius 3 is 2.09 bits per heavy atom. The lowest BCUT2D eigenvalue weighted by atomic mass is 10.1. The van der Waals surface area contributed by atoms with E-state index in [0.717, 1.165) is 0 Å². The molecule has 23 heavy (non-hydrogen) atoms. The van der Waals surface area contributed by atoms with Gasteiger partial charge >= 0.3 is 11.9 Å². The molecule has 2 fully saturated rings. The van der Waals surface area contributed by atoms with E-state index in [1.165, 1.54) is 5.56 Å². The standard InChI is InChI=1S/C16H18N2O5/c1-3-21-15(19)12(16(20)22-4-2)18-17-10-7-5-9(6-8-10)11-13-14(11)23-13/h5-8,11,13-14,17H,3-4H2,1-2H3. The Labute approximate surface area is 133 Å². The molecule has 1 N–H and O–H groups in total. The molecule has 1 saturated carbocycles. The number of benzene rings is 1. The molecule has 1 aliphatic heterocycles. The summed E-state index contributed by atoms with van der Waals surface area (Å²) in [5, 5.41) is 3.84. The second-order valence-corrected chi connectivity index (χ2v) is 5.23. The molecule has 1 heterocycles. The Morgan fingerprint density at radius 1 is 1.09 bits per heavy atom. The maximum Gasteiger partial charge on any atom is 0.366 e. The van der Waals surface area contributed by atoms with Gasteiger partial charge in [0.05, 0.1) is 31.1 Å². The van der Waals surface area contributed by atoms with E-state index in [0.29, 0.717) is 23.8 Å². The Balaban J connectivity index is 1.65. The molecule has 0 radical (unpaired) electrons. The number of nitrogens with one attached hydrogen (secondary N) is 1. The number of hydrogen-bond donors (Lipinski definition) is 1. The summed E-state index contributed by atoms with van der Waals surface area (Å²) in [4.78, 5) is 23.5.